The minimum absolute atomic E-state index is 0.165. The number of ether oxygens (including phenoxy) is 4. The molecule has 1 amide bonds. The van der Waals surface area contributed by atoms with E-state index in [9.17, 15) is 10.0 Å². The molecular formula is C42H59N3O6. The molecule has 0 spiro atoms. The van der Waals surface area contributed by atoms with E-state index >= 15 is 0 Å². The van der Waals surface area contributed by atoms with Crippen molar-refractivity contribution in [2.75, 3.05) is 55.1 Å². The predicted octanol–water partition coefficient (Wildman–Crippen LogP) is 7.40. The minimum atomic E-state index is -0.917. The smallest absolute Gasteiger partial charge is 0.249 e. The first-order valence-electron chi connectivity index (χ1n) is 17.9. The maximum absolute atomic E-state index is 14.5. The molecule has 278 valence electrons. The summed E-state index contributed by atoms with van der Waals surface area (Å²) in [7, 11) is 8.74. The average Bonchev–Trinajstić information content (AvgIpc) is 3.27. The van der Waals surface area contributed by atoms with Crippen molar-refractivity contribution in [2.24, 2.45) is 5.92 Å². The van der Waals surface area contributed by atoms with Crippen molar-refractivity contribution in [1.29, 1.82) is 0 Å². The largest absolute Gasteiger partial charge is 0.493 e. The Labute approximate surface area is 305 Å². The van der Waals surface area contributed by atoms with Gasteiger partial charge in [-0.05, 0) is 113 Å². The second kappa shape index (κ2) is 16.5. The van der Waals surface area contributed by atoms with Gasteiger partial charge in [0.05, 0.1) is 39.5 Å². The summed E-state index contributed by atoms with van der Waals surface area (Å²) < 4.78 is 22.3. The number of hydroxylamine groups is 2. The maximum Gasteiger partial charge on any atom is 0.249 e. The normalized spacial score (nSPS) is 16.7. The highest BCUT2D eigenvalue weighted by molar-refractivity contribution is 6.06. The van der Waals surface area contributed by atoms with Crippen molar-refractivity contribution in [3.63, 3.8) is 0 Å². The van der Waals surface area contributed by atoms with E-state index in [4.69, 9.17) is 18.9 Å². The lowest BCUT2D eigenvalue weighted by molar-refractivity contribution is -0.184. The zero-order chi connectivity index (χ0) is 37.6. The lowest BCUT2D eigenvalue weighted by atomic mass is 9.68. The zero-order valence-corrected chi connectivity index (χ0v) is 32.6. The topological polar surface area (TPSA) is 92.7 Å². The Morgan fingerprint density at radius 1 is 0.824 bits per heavy atom. The molecular weight excluding hydrogens is 642 g/mol. The summed E-state index contributed by atoms with van der Waals surface area (Å²) in [5, 5.41) is 16.1. The van der Waals surface area contributed by atoms with E-state index in [2.05, 4.69) is 49.3 Å². The van der Waals surface area contributed by atoms with Crippen molar-refractivity contribution < 1.29 is 28.9 Å². The van der Waals surface area contributed by atoms with E-state index in [-0.39, 0.29) is 11.8 Å². The van der Waals surface area contributed by atoms with Crippen LogP contribution in [0.4, 0.5) is 0 Å². The van der Waals surface area contributed by atoms with Gasteiger partial charge in [-0.1, -0.05) is 56.3 Å². The number of methoxy groups -OCH3 is 4. The molecule has 4 rings (SSSR count). The number of benzene rings is 3. The van der Waals surface area contributed by atoms with Gasteiger partial charge in [0.15, 0.2) is 23.0 Å². The number of nitrogens with one attached hydrogen (secondary N) is 1. The monoisotopic (exact) mass is 701 g/mol. The van der Waals surface area contributed by atoms with Gasteiger partial charge in [-0.25, -0.2) is 0 Å². The molecule has 9 heteroatoms. The van der Waals surface area contributed by atoms with Crippen molar-refractivity contribution in [1.82, 2.24) is 15.3 Å². The van der Waals surface area contributed by atoms with Crippen LogP contribution in [-0.2, 0) is 16.6 Å². The first kappa shape index (κ1) is 39.7. The maximum atomic E-state index is 14.5. The fourth-order valence-electron chi connectivity index (χ4n) is 7.78. The standard InChI is InChI=1S/C42H59N3O6/c1-29(2)42(32-19-21-34(49-9)36(27-32)51-11,23-15-24-44(7)25-22-30-18-20-33(48-8)35(26-30)50-10)28-43-39(46)38-37(31-16-13-12-14-17-31)40(3,4)45(47)41(38,5)6/h12-14,16-21,26-27,29,47H,15,22-25,28H2,1-11H3,(H,43,46). The molecule has 0 fully saturated rings. The van der Waals surface area contributed by atoms with Crippen molar-refractivity contribution in [3.05, 3.63) is 89.0 Å². The number of amides is 1. The van der Waals surface area contributed by atoms with Gasteiger partial charge in [0, 0.05) is 24.1 Å². The van der Waals surface area contributed by atoms with Crippen LogP contribution in [0.3, 0.4) is 0 Å². The number of hydrogen-bond donors (Lipinski definition) is 2. The van der Waals surface area contributed by atoms with Crippen molar-refractivity contribution in [2.45, 2.75) is 77.3 Å². The molecule has 1 unspecified atom stereocenters. The molecule has 0 saturated carbocycles. The van der Waals surface area contributed by atoms with Gasteiger partial charge in [-0.3, -0.25) is 4.79 Å². The number of hydrogen-bond acceptors (Lipinski definition) is 8. The van der Waals surface area contributed by atoms with Gasteiger partial charge in [-0.2, -0.15) is 5.06 Å². The Balaban J connectivity index is 1.62. The Bertz CT molecular complexity index is 1670. The number of likely N-dealkylation sites (N-methyl/N-ethyl adjacent to an activating group) is 1. The van der Waals surface area contributed by atoms with Gasteiger partial charge < -0.3 is 34.4 Å². The third-order valence-electron chi connectivity index (χ3n) is 10.8. The minimum Gasteiger partial charge on any atom is -0.493 e. The van der Waals surface area contributed by atoms with Crippen molar-refractivity contribution >= 4 is 11.5 Å². The first-order valence-corrected chi connectivity index (χ1v) is 17.9. The lowest BCUT2D eigenvalue weighted by Crippen LogP contribution is -2.51. The molecule has 1 aliphatic rings. The summed E-state index contributed by atoms with van der Waals surface area (Å²) in [5.74, 6) is 2.76. The van der Waals surface area contributed by atoms with Crippen LogP contribution >= 0.6 is 0 Å². The molecule has 1 heterocycles. The third-order valence-corrected chi connectivity index (χ3v) is 10.8. The molecule has 1 atom stereocenters. The highest BCUT2D eigenvalue weighted by Crippen LogP contribution is 2.49. The van der Waals surface area contributed by atoms with Crippen LogP contribution in [-0.4, -0.2) is 87.3 Å². The van der Waals surface area contributed by atoms with E-state index in [1.165, 1.54) is 10.6 Å². The highest BCUT2D eigenvalue weighted by atomic mass is 16.5. The van der Waals surface area contributed by atoms with E-state index in [1.807, 2.05) is 76.2 Å². The fraction of sp³-hybridized carbons (Fsp3) is 0.500. The average molecular weight is 702 g/mol. The molecule has 9 nitrogen and oxygen atoms in total. The molecule has 1 aliphatic heterocycles. The van der Waals surface area contributed by atoms with E-state index < -0.39 is 16.5 Å². The predicted molar refractivity (Wildman–Crippen MR) is 204 cm³/mol. The summed E-state index contributed by atoms with van der Waals surface area (Å²) >= 11 is 0. The summed E-state index contributed by atoms with van der Waals surface area (Å²) in [4.78, 5) is 16.9. The quantitative estimate of drug-likeness (QED) is 0.151. The first-order chi connectivity index (χ1) is 24.2. The van der Waals surface area contributed by atoms with E-state index in [0.717, 1.165) is 60.6 Å². The molecule has 3 aromatic carbocycles. The second-order valence-electron chi connectivity index (χ2n) is 15.0. The molecule has 0 aromatic heterocycles. The van der Waals surface area contributed by atoms with Crippen LogP contribution in [0.25, 0.3) is 5.57 Å². The lowest BCUT2D eigenvalue weighted by Gasteiger charge is -2.40. The number of nitrogens with zero attached hydrogens (tertiary/aromatic N) is 2. The Hall–Kier alpha value is -4.05. The number of carbonyl (C=O) groups is 1. The van der Waals surface area contributed by atoms with E-state index in [1.54, 1.807) is 28.4 Å². The Kier molecular flexibility index (Phi) is 12.9. The summed E-state index contributed by atoms with van der Waals surface area (Å²) in [6.45, 7) is 14.3. The summed E-state index contributed by atoms with van der Waals surface area (Å²) in [6.07, 6.45) is 2.61. The Morgan fingerprint density at radius 3 is 2.00 bits per heavy atom. The van der Waals surface area contributed by atoms with Gasteiger partial charge in [0.2, 0.25) is 5.91 Å². The highest BCUT2D eigenvalue weighted by Gasteiger charge is 2.53. The second-order valence-corrected chi connectivity index (χ2v) is 15.0. The number of carbonyl (C=O) groups excluding carboxylic acids is 1. The SMILES string of the molecule is COc1ccc(CCN(C)CCCC(CNC(=O)C2=C(c3ccccc3)C(C)(C)N(O)C2(C)C)(c2ccc(OC)c(OC)c2)C(C)C)cc1OC. The molecule has 0 bridgehead atoms. The van der Waals surface area contributed by atoms with Crippen molar-refractivity contribution in [3.8, 4) is 23.0 Å². The molecule has 3 aromatic rings. The van der Waals surface area contributed by atoms with Gasteiger partial charge in [0.1, 0.15) is 0 Å². The van der Waals surface area contributed by atoms with Crippen LogP contribution in [0, 0.1) is 5.92 Å². The van der Waals surface area contributed by atoms with Crippen LogP contribution in [0.2, 0.25) is 0 Å². The van der Waals surface area contributed by atoms with Gasteiger partial charge in [0.25, 0.3) is 0 Å². The van der Waals surface area contributed by atoms with E-state index in [0.29, 0.717) is 23.6 Å². The molecule has 0 radical (unpaired) electrons. The molecule has 0 aliphatic carbocycles. The fourth-order valence-corrected chi connectivity index (χ4v) is 7.78. The Morgan fingerprint density at radius 2 is 1.41 bits per heavy atom. The van der Waals surface area contributed by atoms with Gasteiger partial charge >= 0.3 is 0 Å². The summed E-state index contributed by atoms with van der Waals surface area (Å²) in [5.41, 5.74) is 2.46. The third kappa shape index (κ3) is 8.21. The molecule has 0 saturated heterocycles. The summed E-state index contributed by atoms with van der Waals surface area (Å²) in [6, 6.07) is 22.1. The van der Waals surface area contributed by atoms with Gasteiger partial charge in [-0.15, -0.1) is 0 Å². The van der Waals surface area contributed by atoms with Crippen LogP contribution in [0.1, 0.15) is 71.1 Å². The van der Waals surface area contributed by atoms with Crippen LogP contribution in [0.15, 0.2) is 72.3 Å². The van der Waals surface area contributed by atoms with Crippen LogP contribution in [0.5, 0.6) is 23.0 Å². The molecule has 51 heavy (non-hydrogen) atoms. The van der Waals surface area contributed by atoms with Crippen LogP contribution < -0.4 is 24.3 Å². The number of rotatable bonds is 17. The molecule has 2 N–H and O–H groups in total. The zero-order valence-electron chi connectivity index (χ0n) is 32.6.